The summed E-state index contributed by atoms with van der Waals surface area (Å²) in [6.07, 6.45) is 3.87. The van der Waals surface area contributed by atoms with Crippen molar-refractivity contribution in [1.82, 2.24) is 19.9 Å². The van der Waals surface area contributed by atoms with E-state index in [4.69, 9.17) is 9.97 Å². The minimum Gasteiger partial charge on any atom is -0.256 e. The molecule has 44 heavy (non-hydrogen) atoms. The highest BCUT2D eigenvalue weighted by molar-refractivity contribution is 5.85. The van der Waals surface area contributed by atoms with Crippen LogP contribution in [-0.2, 0) is 0 Å². The van der Waals surface area contributed by atoms with E-state index < -0.39 is 0 Å². The molecule has 0 spiro atoms. The number of aromatic nitrogens is 4. The van der Waals surface area contributed by atoms with E-state index >= 15 is 0 Å². The van der Waals surface area contributed by atoms with Crippen molar-refractivity contribution in [3.05, 3.63) is 158 Å². The van der Waals surface area contributed by atoms with Gasteiger partial charge in [0.25, 0.3) is 0 Å². The third kappa shape index (κ3) is 4.99. The lowest BCUT2D eigenvalue weighted by Gasteiger charge is -2.11. The molecule has 0 saturated carbocycles. The van der Waals surface area contributed by atoms with E-state index in [1.54, 1.807) is 0 Å². The lowest BCUT2D eigenvalue weighted by molar-refractivity contribution is 1.18. The number of hydrogen-bond acceptors (Lipinski definition) is 4. The third-order valence-corrected chi connectivity index (χ3v) is 7.97. The van der Waals surface area contributed by atoms with E-state index in [0.29, 0.717) is 5.82 Å². The predicted molar refractivity (Wildman–Crippen MR) is 180 cm³/mol. The maximum atomic E-state index is 5.05. The molecular weight excluding hydrogens is 536 g/mol. The van der Waals surface area contributed by atoms with E-state index in [2.05, 4.69) is 101 Å². The molecule has 4 heteroatoms. The van der Waals surface area contributed by atoms with Gasteiger partial charge in [-0.15, -0.1) is 0 Å². The third-order valence-electron chi connectivity index (χ3n) is 7.97. The lowest BCUT2D eigenvalue weighted by Crippen LogP contribution is -1.96. The van der Waals surface area contributed by atoms with E-state index in [1.165, 1.54) is 0 Å². The Morgan fingerprint density at radius 3 is 1.30 bits per heavy atom. The van der Waals surface area contributed by atoms with Crippen LogP contribution >= 0.6 is 0 Å². The first-order chi connectivity index (χ1) is 21.8. The van der Waals surface area contributed by atoms with Gasteiger partial charge < -0.3 is 0 Å². The van der Waals surface area contributed by atoms with Gasteiger partial charge in [-0.05, 0) is 41.5 Å². The summed E-state index contributed by atoms with van der Waals surface area (Å²) < 4.78 is 0. The average Bonchev–Trinajstić information content (AvgIpc) is 3.11. The molecule has 3 heterocycles. The summed E-state index contributed by atoms with van der Waals surface area (Å²) in [4.78, 5) is 19.3. The molecule has 0 atom stereocenters. The highest BCUT2D eigenvalue weighted by Crippen LogP contribution is 2.31. The molecule has 0 saturated heterocycles. The Kier molecular flexibility index (Phi) is 6.43. The van der Waals surface area contributed by atoms with Gasteiger partial charge in [0.15, 0.2) is 5.82 Å². The van der Waals surface area contributed by atoms with Gasteiger partial charge in [0.1, 0.15) is 0 Å². The van der Waals surface area contributed by atoms with Gasteiger partial charge in [-0.1, -0.05) is 115 Å². The zero-order valence-electron chi connectivity index (χ0n) is 23.8. The highest BCUT2D eigenvalue weighted by atomic mass is 14.9. The van der Waals surface area contributed by atoms with Crippen LogP contribution in [0.25, 0.3) is 78.0 Å². The zero-order chi connectivity index (χ0) is 29.3. The molecule has 5 aromatic carbocycles. The second kappa shape index (κ2) is 11.0. The standard InChI is InChI=1S/C40H26N4/c1-2-8-29(9-3-1)38-24-39(30-18-14-27(15-19-30)34-22-32-10-4-6-12-36(32)41-25-34)44-40(43-38)31-20-16-28(17-21-31)35-23-33-11-5-7-13-37(33)42-26-35/h1-26H. The van der Waals surface area contributed by atoms with Crippen LogP contribution < -0.4 is 0 Å². The monoisotopic (exact) mass is 562 g/mol. The van der Waals surface area contributed by atoms with Gasteiger partial charge in [0.05, 0.1) is 22.4 Å². The molecule has 0 aliphatic carbocycles. The fourth-order valence-electron chi connectivity index (χ4n) is 5.58. The van der Waals surface area contributed by atoms with Gasteiger partial charge >= 0.3 is 0 Å². The molecule has 0 amide bonds. The van der Waals surface area contributed by atoms with Crippen LogP contribution in [0.4, 0.5) is 0 Å². The lowest BCUT2D eigenvalue weighted by atomic mass is 10.0. The van der Waals surface area contributed by atoms with Crippen LogP contribution in [0.2, 0.25) is 0 Å². The Hall–Kier alpha value is -6.00. The van der Waals surface area contributed by atoms with Crippen LogP contribution in [0.15, 0.2) is 158 Å². The van der Waals surface area contributed by atoms with Crippen LogP contribution in [0.1, 0.15) is 0 Å². The molecular formula is C40H26N4. The van der Waals surface area contributed by atoms with Crippen molar-refractivity contribution in [2.24, 2.45) is 0 Å². The quantitative estimate of drug-likeness (QED) is 0.209. The smallest absolute Gasteiger partial charge is 0.160 e. The molecule has 0 aliphatic rings. The fraction of sp³-hybridized carbons (Fsp3) is 0. The maximum absolute atomic E-state index is 5.05. The van der Waals surface area contributed by atoms with Gasteiger partial charge in [0, 0.05) is 51.0 Å². The molecule has 0 radical (unpaired) electrons. The number of benzene rings is 5. The number of nitrogens with zero attached hydrogens (tertiary/aromatic N) is 4. The summed E-state index contributed by atoms with van der Waals surface area (Å²) in [6.45, 7) is 0. The number of pyridine rings is 2. The summed E-state index contributed by atoms with van der Waals surface area (Å²) in [5.41, 5.74) is 11.2. The predicted octanol–water partition coefficient (Wildman–Crippen LogP) is 9.91. The summed E-state index contributed by atoms with van der Waals surface area (Å²) in [5.74, 6) is 0.687. The number of rotatable bonds is 5. The second-order valence-electron chi connectivity index (χ2n) is 10.8. The zero-order valence-corrected chi connectivity index (χ0v) is 23.8. The minimum absolute atomic E-state index is 0.687. The fourth-order valence-corrected chi connectivity index (χ4v) is 5.58. The van der Waals surface area contributed by atoms with E-state index in [9.17, 15) is 0 Å². The van der Waals surface area contributed by atoms with E-state index in [1.807, 2.05) is 67.0 Å². The van der Waals surface area contributed by atoms with Crippen LogP contribution in [0, 0.1) is 0 Å². The van der Waals surface area contributed by atoms with Gasteiger partial charge in [-0.3, -0.25) is 9.97 Å². The molecule has 8 aromatic rings. The maximum Gasteiger partial charge on any atom is 0.160 e. The molecule has 8 rings (SSSR count). The number of para-hydroxylation sites is 2. The van der Waals surface area contributed by atoms with Gasteiger partial charge in [-0.2, -0.15) is 0 Å². The largest absolute Gasteiger partial charge is 0.256 e. The van der Waals surface area contributed by atoms with Crippen molar-refractivity contribution in [2.75, 3.05) is 0 Å². The minimum atomic E-state index is 0.687. The van der Waals surface area contributed by atoms with E-state index in [0.717, 1.165) is 72.1 Å². The summed E-state index contributed by atoms with van der Waals surface area (Å²) in [7, 11) is 0. The molecule has 4 nitrogen and oxygen atoms in total. The first kappa shape index (κ1) is 25.7. The molecule has 206 valence electrons. The Balaban J connectivity index is 1.16. The first-order valence-corrected chi connectivity index (χ1v) is 14.6. The second-order valence-corrected chi connectivity index (χ2v) is 10.8. The summed E-state index contributed by atoms with van der Waals surface area (Å²) in [6, 6.07) is 50.0. The van der Waals surface area contributed by atoms with Crippen molar-refractivity contribution < 1.29 is 0 Å². The molecule has 0 unspecified atom stereocenters. The van der Waals surface area contributed by atoms with Crippen molar-refractivity contribution in [3.63, 3.8) is 0 Å². The Labute approximate surface area is 255 Å². The van der Waals surface area contributed by atoms with Crippen molar-refractivity contribution in [2.45, 2.75) is 0 Å². The molecule has 0 N–H and O–H groups in total. The molecule has 0 bridgehead atoms. The molecule has 0 fully saturated rings. The number of fused-ring (bicyclic) bond motifs is 2. The van der Waals surface area contributed by atoms with Crippen molar-refractivity contribution in [3.8, 4) is 56.2 Å². The Morgan fingerprint density at radius 1 is 0.318 bits per heavy atom. The average molecular weight is 563 g/mol. The van der Waals surface area contributed by atoms with Crippen LogP contribution in [-0.4, -0.2) is 19.9 Å². The summed E-state index contributed by atoms with van der Waals surface area (Å²) >= 11 is 0. The topological polar surface area (TPSA) is 51.6 Å². The Morgan fingerprint density at radius 2 is 0.750 bits per heavy atom. The van der Waals surface area contributed by atoms with Crippen molar-refractivity contribution in [1.29, 1.82) is 0 Å². The van der Waals surface area contributed by atoms with Gasteiger partial charge in [-0.25, -0.2) is 9.97 Å². The van der Waals surface area contributed by atoms with Crippen LogP contribution in [0.5, 0.6) is 0 Å². The van der Waals surface area contributed by atoms with Crippen molar-refractivity contribution >= 4 is 21.8 Å². The highest BCUT2D eigenvalue weighted by Gasteiger charge is 2.12. The Bertz CT molecular complexity index is 2120. The molecule has 0 aliphatic heterocycles. The molecule has 3 aromatic heterocycles. The summed E-state index contributed by atoms with van der Waals surface area (Å²) in [5, 5.41) is 2.26. The normalized spacial score (nSPS) is 11.2. The van der Waals surface area contributed by atoms with Crippen LogP contribution in [0.3, 0.4) is 0 Å². The van der Waals surface area contributed by atoms with Gasteiger partial charge in [0.2, 0.25) is 0 Å². The first-order valence-electron chi connectivity index (χ1n) is 14.6. The number of hydrogen-bond donors (Lipinski definition) is 0. The van der Waals surface area contributed by atoms with E-state index in [-0.39, 0.29) is 0 Å². The SMILES string of the molecule is c1ccc(-c2cc(-c3ccc(-c4cnc5ccccc5c4)cc3)nc(-c3ccc(-c4cnc5ccccc5c4)cc3)n2)cc1.